The predicted octanol–water partition coefficient (Wildman–Crippen LogP) is 5.94. The van der Waals surface area contributed by atoms with Crippen LogP contribution >= 0.6 is 0 Å². The fourth-order valence-corrected chi connectivity index (χ4v) is 3.23. The summed E-state index contributed by atoms with van der Waals surface area (Å²) in [6.07, 6.45) is 2.60. The predicted molar refractivity (Wildman–Crippen MR) is 135 cm³/mol. The molecule has 1 saturated heterocycles. The monoisotopic (exact) mass is 507 g/mol. The van der Waals surface area contributed by atoms with Crippen molar-refractivity contribution < 1.29 is 38.1 Å². The number of imide groups is 1. The number of carbonyl (C=O) groups is 4. The first-order chi connectivity index (χ1) is 16.6. The standard InChI is InChI=1S/C17H22O4.C10H19NO4/c1-13-12-15(10-6-3-7-11-16(18)20-13)21-17(19)14-8-4-2-5-9-14;1-9(2,3)14-7(12)11-8(13)15-10(4,5)6/h2,4-5,8-9,13,15H,3,6-7,10-12H2,1H3;1-6H3,(H,11,12,13). The lowest BCUT2D eigenvalue weighted by Gasteiger charge is -2.23. The van der Waals surface area contributed by atoms with E-state index in [1.165, 1.54) is 0 Å². The molecule has 1 aromatic rings. The van der Waals surface area contributed by atoms with Gasteiger partial charge in [-0.1, -0.05) is 24.6 Å². The largest absolute Gasteiger partial charge is 0.463 e. The van der Waals surface area contributed by atoms with Crippen molar-refractivity contribution in [3.05, 3.63) is 35.9 Å². The van der Waals surface area contributed by atoms with Gasteiger partial charge in [0.1, 0.15) is 23.4 Å². The molecule has 0 aromatic heterocycles. The van der Waals surface area contributed by atoms with E-state index in [2.05, 4.69) is 0 Å². The fourth-order valence-electron chi connectivity index (χ4n) is 3.23. The summed E-state index contributed by atoms with van der Waals surface area (Å²) in [6.45, 7) is 12.1. The molecular weight excluding hydrogens is 466 g/mol. The highest BCUT2D eigenvalue weighted by Crippen LogP contribution is 2.19. The molecule has 9 nitrogen and oxygen atoms in total. The Morgan fingerprint density at radius 3 is 1.97 bits per heavy atom. The summed E-state index contributed by atoms with van der Waals surface area (Å²) >= 11 is 0. The van der Waals surface area contributed by atoms with Crippen molar-refractivity contribution in [1.29, 1.82) is 0 Å². The number of ether oxygens (including phenoxy) is 4. The van der Waals surface area contributed by atoms with E-state index in [9.17, 15) is 19.2 Å². The highest BCUT2D eigenvalue weighted by Gasteiger charge is 2.23. The average Bonchev–Trinajstić information content (AvgIpc) is 2.71. The van der Waals surface area contributed by atoms with Gasteiger partial charge in [0, 0.05) is 12.8 Å². The quantitative estimate of drug-likeness (QED) is 0.386. The first-order valence-corrected chi connectivity index (χ1v) is 12.3. The van der Waals surface area contributed by atoms with Crippen molar-refractivity contribution in [2.45, 2.75) is 110 Å². The zero-order valence-electron chi connectivity index (χ0n) is 22.6. The number of hydrogen-bond donors (Lipinski definition) is 1. The van der Waals surface area contributed by atoms with Crippen LogP contribution in [0.2, 0.25) is 0 Å². The van der Waals surface area contributed by atoms with Crippen LogP contribution < -0.4 is 5.32 Å². The maximum absolute atomic E-state index is 12.1. The van der Waals surface area contributed by atoms with Crippen molar-refractivity contribution in [1.82, 2.24) is 5.32 Å². The Kier molecular flexibility index (Phi) is 12.4. The van der Waals surface area contributed by atoms with E-state index in [4.69, 9.17) is 18.9 Å². The number of rotatable bonds is 2. The SMILES string of the molecule is CC(C)(C)OC(=O)NC(=O)OC(C)(C)C.CC1CC(OC(=O)c2ccccc2)CCCCCC(=O)O1. The van der Waals surface area contributed by atoms with E-state index in [1.807, 2.05) is 30.4 Å². The molecule has 0 aliphatic carbocycles. The molecule has 202 valence electrons. The van der Waals surface area contributed by atoms with E-state index in [1.54, 1.807) is 53.7 Å². The maximum Gasteiger partial charge on any atom is 0.417 e. The summed E-state index contributed by atoms with van der Waals surface area (Å²) in [5, 5.41) is 1.97. The zero-order valence-corrected chi connectivity index (χ0v) is 22.6. The average molecular weight is 508 g/mol. The molecule has 1 N–H and O–H groups in total. The summed E-state index contributed by atoms with van der Waals surface area (Å²) in [4.78, 5) is 45.9. The Morgan fingerprint density at radius 2 is 1.44 bits per heavy atom. The van der Waals surface area contributed by atoms with Crippen molar-refractivity contribution in [2.24, 2.45) is 0 Å². The Bertz CT molecular complexity index is 829. The molecule has 2 amide bonds. The molecule has 2 atom stereocenters. The number of esters is 2. The van der Waals surface area contributed by atoms with E-state index in [0.717, 1.165) is 25.7 Å². The molecule has 0 radical (unpaired) electrons. The van der Waals surface area contributed by atoms with Gasteiger partial charge in [-0.05, 0) is 79.9 Å². The van der Waals surface area contributed by atoms with Gasteiger partial charge in [0.25, 0.3) is 0 Å². The molecule has 1 aromatic carbocycles. The number of carbonyl (C=O) groups excluding carboxylic acids is 4. The van der Waals surface area contributed by atoms with Crippen LogP contribution in [0.1, 0.15) is 97.3 Å². The number of hydrogen-bond acceptors (Lipinski definition) is 8. The van der Waals surface area contributed by atoms with Crippen LogP contribution in [0.3, 0.4) is 0 Å². The van der Waals surface area contributed by atoms with Crippen LogP contribution in [0.4, 0.5) is 9.59 Å². The third kappa shape index (κ3) is 15.0. The summed E-state index contributed by atoms with van der Waals surface area (Å²) in [7, 11) is 0. The summed E-state index contributed by atoms with van der Waals surface area (Å²) in [5.41, 5.74) is -0.711. The third-order valence-corrected chi connectivity index (χ3v) is 4.62. The molecule has 0 saturated carbocycles. The van der Waals surface area contributed by atoms with Gasteiger partial charge in [0.2, 0.25) is 0 Å². The molecule has 0 spiro atoms. The van der Waals surface area contributed by atoms with Gasteiger partial charge in [-0.15, -0.1) is 0 Å². The Hall–Kier alpha value is -3.10. The highest BCUT2D eigenvalue weighted by molar-refractivity contribution is 5.89. The van der Waals surface area contributed by atoms with Gasteiger partial charge >= 0.3 is 24.1 Å². The summed E-state index contributed by atoms with van der Waals surface area (Å²) < 4.78 is 20.6. The van der Waals surface area contributed by atoms with E-state index < -0.39 is 23.4 Å². The molecule has 9 heteroatoms. The highest BCUT2D eigenvalue weighted by atomic mass is 16.6. The number of amides is 2. The summed E-state index contributed by atoms with van der Waals surface area (Å²) in [5.74, 6) is -0.464. The molecule has 1 heterocycles. The first-order valence-electron chi connectivity index (χ1n) is 12.3. The molecule has 1 aliphatic heterocycles. The number of benzene rings is 1. The Morgan fingerprint density at radius 1 is 0.889 bits per heavy atom. The lowest BCUT2D eigenvalue weighted by Crippen LogP contribution is -2.39. The van der Waals surface area contributed by atoms with Crippen LogP contribution in [0.15, 0.2) is 30.3 Å². The first kappa shape index (κ1) is 30.9. The van der Waals surface area contributed by atoms with Gasteiger partial charge in [-0.25, -0.2) is 19.7 Å². The number of alkyl carbamates (subject to hydrolysis) is 2. The van der Waals surface area contributed by atoms with E-state index >= 15 is 0 Å². The second-order valence-corrected chi connectivity index (χ2v) is 10.7. The van der Waals surface area contributed by atoms with Crippen molar-refractivity contribution in [3.63, 3.8) is 0 Å². The minimum Gasteiger partial charge on any atom is -0.463 e. The second kappa shape index (κ2) is 14.5. The van der Waals surface area contributed by atoms with Crippen LogP contribution in [-0.2, 0) is 23.7 Å². The topological polar surface area (TPSA) is 117 Å². The number of cyclic esters (lactones) is 1. The molecular formula is C27H41NO8. The summed E-state index contributed by atoms with van der Waals surface area (Å²) in [6, 6.07) is 8.97. The van der Waals surface area contributed by atoms with Crippen molar-refractivity contribution >= 4 is 24.1 Å². The fraction of sp³-hybridized carbons (Fsp3) is 0.630. The molecule has 2 unspecified atom stereocenters. The zero-order chi connectivity index (χ0) is 27.4. The van der Waals surface area contributed by atoms with Crippen LogP contribution in [0, 0.1) is 0 Å². The van der Waals surface area contributed by atoms with Crippen molar-refractivity contribution in [3.8, 4) is 0 Å². The van der Waals surface area contributed by atoms with Gasteiger partial charge < -0.3 is 18.9 Å². The van der Waals surface area contributed by atoms with E-state index in [-0.39, 0.29) is 24.1 Å². The Labute approximate surface area is 214 Å². The van der Waals surface area contributed by atoms with Crippen LogP contribution in [-0.4, -0.2) is 47.5 Å². The smallest absolute Gasteiger partial charge is 0.417 e. The van der Waals surface area contributed by atoms with Crippen LogP contribution in [0.5, 0.6) is 0 Å². The van der Waals surface area contributed by atoms with Crippen molar-refractivity contribution in [2.75, 3.05) is 0 Å². The molecule has 0 bridgehead atoms. The minimum atomic E-state index is -0.809. The maximum atomic E-state index is 12.1. The van der Waals surface area contributed by atoms with Crippen LogP contribution in [0.25, 0.3) is 0 Å². The lowest BCUT2D eigenvalue weighted by molar-refractivity contribution is -0.150. The van der Waals surface area contributed by atoms with Gasteiger partial charge in [0.05, 0.1) is 5.56 Å². The number of nitrogens with one attached hydrogen (secondary N) is 1. The minimum absolute atomic E-state index is 0.155. The second-order valence-electron chi connectivity index (χ2n) is 10.7. The van der Waals surface area contributed by atoms with E-state index in [0.29, 0.717) is 18.4 Å². The van der Waals surface area contributed by atoms with Gasteiger partial charge in [-0.3, -0.25) is 4.79 Å². The van der Waals surface area contributed by atoms with Gasteiger partial charge in [-0.2, -0.15) is 0 Å². The third-order valence-electron chi connectivity index (χ3n) is 4.62. The molecule has 1 aliphatic rings. The lowest BCUT2D eigenvalue weighted by atomic mass is 10.0. The molecule has 2 rings (SSSR count). The van der Waals surface area contributed by atoms with Gasteiger partial charge in [0.15, 0.2) is 0 Å². The normalized spacial score (nSPS) is 18.9. The molecule has 36 heavy (non-hydrogen) atoms. The Balaban J connectivity index is 0.000000384. The molecule has 1 fully saturated rings.